The van der Waals surface area contributed by atoms with Crippen LogP contribution in [0.15, 0.2) is 63.8 Å². The Morgan fingerprint density at radius 2 is 1.73 bits per heavy atom. The lowest BCUT2D eigenvalue weighted by Crippen LogP contribution is -2.05. The lowest BCUT2D eigenvalue weighted by Gasteiger charge is -2.17. The van der Waals surface area contributed by atoms with Crippen molar-refractivity contribution in [1.29, 1.82) is 0 Å². The quantitative estimate of drug-likeness (QED) is 0.491. The number of nitrogens with one attached hydrogen (secondary N) is 1. The van der Waals surface area contributed by atoms with Crippen molar-refractivity contribution in [1.82, 2.24) is 0 Å². The molecule has 0 saturated carbocycles. The zero-order chi connectivity index (χ0) is 18.3. The normalized spacial score (nSPS) is 11.2. The SMILES string of the molecule is CCNc1cc2oc3cc(=O)c(C)cc-3c(-c3ccccc3)c2cc1C. The van der Waals surface area contributed by atoms with Crippen LogP contribution in [0.4, 0.5) is 5.69 Å². The van der Waals surface area contributed by atoms with E-state index in [-0.39, 0.29) is 5.43 Å². The molecule has 1 aliphatic heterocycles. The molecule has 0 fully saturated rings. The van der Waals surface area contributed by atoms with Gasteiger partial charge in [-0.05, 0) is 49.6 Å². The van der Waals surface area contributed by atoms with Crippen molar-refractivity contribution >= 4 is 16.7 Å². The number of aryl methyl sites for hydroxylation is 2. The smallest absolute Gasteiger partial charge is 0.185 e. The van der Waals surface area contributed by atoms with Crippen molar-refractivity contribution in [3.63, 3.8) is 0 Å². The van der Waals surface area contributed by atoms with Crippen molar-refractivity contribution in [2.45, 2.75) is 20.8 Å². The zero-order valence-electron chi connectivity index (χ0n) is 15.2. The van der Waals surface area contributed by atoms with E-state index in [4.69, 9.17) is 4.42 Å². The van der Waals surface area contributed by atoms with Gasteiger partial charge in [0.05, 0.1) is 0 Å². The van der Waals surface area contributed by atoms with Crippen LogP contribution in [0.1, 0.15) is 18.1 Å². The Hall–Kier alpha value is -3.07. The second-order valence-corrected chi connectivity index (χ2v) is 6.65. The molecule has 4 rings (SSSR count). The van der Waals surface area contributed by atoms with Gasteiger partial charge in [0.25, 0.3) is 0 Å². The molecule has 0 unspecified atom stereocenters. The number of anilines is 1. The summed E-state index contributed by atoms with van der Waals surface area (Å²) in [6, 6.07) is 18.0. The van der Waals surface area contributed by atoms with E-state index in [2.05, 4.69) is 37.4 Å². The fourth-order valence-electron chi connectivity index (χ4n) is 3.48. The van der Waals surface area contributed by atoms with Crippen LogP contribution in [0.5, 0.6) is 0 Å². The highest BCUT2D eigenvalue weighted by Gasteiger charge is 2.19. The molecule has 130 valence electrons. The topological polar surface area (TPSA) is 42.2 Å². The monoisotopic (exact) mass is 343 g/mol. The lowest BCUT2D eigenvalue weighted by molar-refractivity contribution is 0.619. The standard InChI is InChI=1S/C23H21NO2/c1-4-24-19-12-21-17(10-14(19)2)23(16-8-6-5-7-9-16)18-11-15(3)20(25)13-22(18)26-21/h5-13,24H,4H2,1-3H3. The number of rotatable bonds is 3. The van der Waals surface area contributed by atoms with Gasteiger partial charge in [0.1, 0.15) is 11.3 Å². The average Bonchev–Trinajstić information content (AvgIpc) is 2.63. The zero-order valence-corrected chi connectivity index (χ0v) is 15.2. The molecule has 0 saturated heterocycles. The Labute approximate surface area is 152 Å². The predicted molar refractivity (Wildman–Crippen MR) is 108 cm³/mol. The molecule has 0 aromatic heterocycles. The second kappa shape index (κ2) is 6.34. The van der Waals surface area contributed by atoms with Crippen LogP contribution < -0.4 is 10.7 Å². The lowest BCUT2D eigenvalue weighted by atomic mass is 9.92. The predicted octanol–water partition coefficient (Wildman–Crippen LogP) is 5.61. The molecule has 0 atom stereocenters. The number of benzene rings is 3. The van der Waals surface area contributed by atoms with Crippen molar-refractivity contribution in [3.8, 4) is 22.5 Å². The molecule has 0 bridgehead atoms. The van der Waals surface area contributed by atoms with Gasteiger partial charge < -0.3 is 9.73 Å². The molecule has 2 aromatic rings. The number of hydrogen-bond acceptors (Lipinski definition) is 3. The van der Waals surface area contributed by atoms with Gasteiger partial charge in [-0.25, -0.2) is 0 Å². The van der Waals surface area contributed by atoms with Gasteiger partial charge in [-0.3, -0.25) is 4.79 Å². The molecule has 26 heavy (non-hydrogen) atoms. The van der Waals surface area contributed by atoms with Crippen LogP contribution in [0.2, 0.25) is 0 Å². The van der Waals surface area contributed by atoms with Gasteiger partial charge in [-0.2, -0.15) is 0 Å². The van der Waals surface area contributed by atoms with E-state index in [9.17, 15) is 4.79 Å². The van der Waals surface area contributed by atoms with Crippen molar-refractivity contribution in [3.05, 3.63) is 75.9 Å². The molecule has 0 spiro atoms. The first kappa shape index (κ1) is 16.4. The van der Waals surface area contributed by atoms with Crippen LogP contribution in [-0.4, -0.2) is 6.54 Å². The molecule has 0 amide bonds. The van der Waals surface area contributed by atoms with Crippen LogP contribution in [-0.2, 0) is 0 Å². The molecule has 3 nitrogen and oxygen atoms in total. The third kappa shape index (κ3) is 2.66. The molecule has 3 heteroatoms. The summed E-state index contributed by atoms with van der Waals surface area (Å²) >= 11 is 0. The first-order chi connectivity index (χ1) is 12.6. The molecule has 2 aliphatic rings. The fraction of sp³-hybridized carbons (Fsp3) is 0.174. The molecule has 2 aromatic carbocycles. The Morgan fingerprint density at radius 1 is 0.962 bits per heavy atom. The van der Waals surface area contributed by atoms with E-state index in [0.29, 0.717) is 5.76 Å². The molecule has 1 aliphatic carbocycles. The fourth-order valence-corrected chi connectivity index (χ4v) is 3.48. The molecule has 1 N–H and O–H groups in total. The molecular formula is C23H21NO2. The first-order valence-corrected chi connectivity index (χ1v) is 8.89. The van der Waals surface area contributed by atoms with Crippen LogP contribution in [0.3, 0.4) is 0 Å². The Bertz CT molecular complexity index is 1130. The largest absolute Gasteiger partial charge is 0.456 e. The Balaban J connectivity index is 2.17. The van der Waals surface area contributed by atoms with E-state index in [1.165, 1.54) is 5.56 Å². The van der Waals surface area contributed by atoms with Gasteiger partial charge in [-0.15, -0.1) is 0 Å². The summed E-state index contributed by atoms with van der Waals surface area (Å²) in [7, 11) is 0. The first-order valence-electron chi connectivity index (χ1n) is 8.89. The Morgan fingerprint density at radius 3 is 2.46 bits per heavy atom. The summed E-state index contributed by atoms with van der Waals surface area (Å²) in [6.07, 6.45) is 0. The summed E-state index contributed by atoms with van der Waals surface area (Å²) in [6.45, 7) is 6.86. The van der Waals surface area contributed by atoms with Gasteiger partial charge in [0, 0.05) is 40.9 Å². The maximum absolute atomic E-state index is 12.2. The summed E-state index contributed by atoms with van der Waals surface area (Å²) in [4.78, 5) is 12.2. The summed E-state index contributed by atoms with van der Waals surface area (Å²) < 4.78 is 6.15. The van der Waals surface area contributed by atoms with Crippen LogP contribution >= 0.6 is 0 Å². The van der Waals surface area contributed by atoms with Crippen molar-refractivity contribution in [2.24, 2.45) is 0 Å². The van der Waals surface area contributed by atoms with E-state index >= 15 is 0 Å². The summed E-state index contributed by atoms with van der Waals surface area (Å²) in [5.74, 6) is 0.623. The van der Waals surface area contributed by atoms with Crippen molar-refractivity contribution < 1.29 is 4.42 Å². The van der Waals surface area contributed by atoms with Gasteiger partial charge >= 0.3 is 0 Å². The number of fused-ring (bicyclic) bond motifs is 2. The van der Waals surface area contributed by atoms with Gasteiger partial charge in [0.2, 0.25) is 0 Å². The second-order valence-electron chi connectivity index (χ2n) is 6.65. The van der Waals surface area contributed by atoms with Gasteiger partial charge in [-0.1, -0.05) is 30.3 Å². The average molecular weight is 343 g/mol. The van der Waals surface area contributed by atoms with E-state index in [1.807, 2.05) is 37.3 Å². The molecule has 0 radical (unpaired) electrons. The van der Waals surface area contributed by atoms with E-state index in [0.717, 1.165) is 45.5 Å². The summed E-state index contributed by atoms with van der Waals surface area (Å²) in [5.41, 5.74) is 6.92. The maximum Gasteiger partial charge on any atom is 0.185 e. The highest BCUT2D eigenvalue weighted by atomic mass is 16.3. The van der Waals surface area contributed by atoms with Crippen LogP contribution in [0, 0.1) is 13.8 Å². The highest BCUT2D eigenvalue weighted by Crippen LogP contribution is 2.41. The number of hydrogen-bond donors (Lipinski definition) is 1. The molecular weight excluding hydrogens is 322 g/mol. The summed E-state index contributed by atoms with van der Waals surface area (Å²) in [5, 5.41) is 4.43. The van der Waals surface area contributed by atoms with E-state index < -0.39 is 0 Å². The van der Waals surface area contributed by atoms with Gasteiger partial charge in [0.15, 0.2) is 5.43 Å². The Kier molecular flexibility index (Phi) is 4.00. The third-order valence-electron chi connectivity index (χ3n) is 4.79. The van der Waals surface area contributed by atoms with E-state index in [1.54, 1.807) is 6.07 Å². The maximum atomic E-state index is 12.2. The minimum absolute atomic E-state index is 0.00127. The van der Waals surface area contributed by atoms with Crippen LogP contribution in [0.25, 0.3) is 33.4 Å². The molecule has 1 heterocycles. The highest BCUT2D eigenvalue weighted by molar-refractivity contribution is 6.03. The third-order valence-corrected chi connectivity index (χ3v) is 4.79. The minimum atomic E-state index is -0.00127. The van der Waals surface area contributed by atoms with Crippen molar-refractivity contribution in [2.75, 3.05) is 11.9 Å². The minimum Gasteiger partial charge on any atom is -0.456 e.